The molecule has 0 aliphatic carbocycles. The average Bonchev–Trinajstić information content (AvgIpc) is 2.40. The van der Waals surface area contributed by atoms with Gasteiger partial charge in [-0.15, -0.1) is 0 Å². The molecular formula is C13H20N2O3S. The van der Waals surface area contributed by atoms with Crippen LogP contribution in [0, 0.1) is 0 Å². The summed E-state index contributed by atoms with van der Waals surface area (Å²) in [6, 6.07) is 7.31. The van der Waals surface area contributed by atoms with Gasteiger partial charge in [0, 0.05) is 12.8 Å². The highest BCUT2D eigenvalue weighted by atomic mass is 32.2. The number of hydrogen-bond acceptors (Lipinski definition) is 4. The molecule has 0 saturated carbocycles. The highest BCUT2D eigenvalue weighted by molar-refractivity contribution is 7.93. The predicted molar refractivity (Wildman–Crippen MR) is 75.6 cm³/mol. The first kappa shape index (κ1) is 14.3. The van der Waals surface area contributed by atoms with Crippen LogP contribution in [0.2, 0.25) is 0 Å². The van der Waals surface area contributed by atoms with Crippen molar-refractivity contribution in [2.45, 2.75) is 24.7 Å². The first-order valence-corrected chi connectivity index (χ1v) is 7.96. The maximum Gasteiger partial charge on any atom is 0.235 e. The number of methoxy groups -OCH3 is 1. The standard InChI is InChI=1S/C13H20N2O3S/c1-18-10-11-3-2-4-12(9-11)15-19(16,17)13-5-7-14-8-6-13/h2-4,9,13-15H,5-8,10H2,1H3. The van der Waals surface area contributed by atoms with Gasteiger partial charge >= 0.3 is 0 Å². The van der Waals surface area contributed by atoms with Crippen molar-refractivity contribution in [1.29, 1.82) is 0 Å². The number of sulfonamides is 1. The Balaban J connectivity index is 2.08. The van der Waals surface area contributed by atoms with E-state index in [1.165, 1.54) is 0 Å². The number of hydrogen-bond donors (Lipinski definition) is 2. The van der Waals surface area contributed by atoms with Crippen molar-refractivity contribution in [3.63, 3.8) is 0 Å². The summed E-state index contributed by atoms with van der Waals surface area (Å²) in [6.07, 6.45) is 1.32. The summed E-state index contributed by atoms with van der Waals surface area (Å²) in [5.41, 5.74) is 1.56. The number of anilines is 1. The summed E-state index contributed by atoms with van der Waals surface area (Å²) in [5.74, 6) is 0. The van der Waals surface area contributed by atoms with Crippen LogP contribution in [-0.2, 0) is 21.4 Å². The summed E-state index contributed by atoms with van der Waals surface area (Å²) in [5, 5.41) is 2.86. The molecule has 1 saturated heterocycles. The van der Waals surface area contributed by atoms with Crippen LogP contribution in [-0.4, -0.2) is 33.9 Å². The maximum absolute atomic E-state index is 12.3. The van der Waals surface area contributed by atoms with Crippen LogP contribution >= 0.6 is 0 Å². The predicted octanol–water partition coefficient (Wildman–Crippen LogP) is 1.33. The molecule has 0 spiro atoms. The van der Waals surface area contributed by atoms with E-state index in [1.54, 1.807) is 13.2 Å². The lowest BCUT2D eigenvalue weighted by Crippen LogP contribution is -2.38. The Kier molecular flexibility index (Phi) is 4.79. The van der Waals surface area contributed by atoms with E-state index in [0.29, 0.717) is 25.1 Å². The number of nitrogens with one attached hydrogen (secondary N) is 2. The zero-order valence-electron chi connectivity index (χ0n) is 11.1. The van der Waals surface area contributed by atoms with Gasteiger partial charge in [-0.2, -0.15) is 0 Å². The van der Waals surface area contributed by atoms with Crippen molar-refractivity contribution < 1.29 is 13.2 Å². The number of ether oxygens (including phenoxy) is 1. The molecule has 1 fully saturated rings. The molecule has 106 valence electrons. The summed E-state index contributed by atoms with van der Waals surface area (Å²) in [7, 11) is -1.68. The molecule has 0 bridgehead atoms. The van der Waals surface area contributed by atoms with Crippen LogP contribution in [0.3, 0.4) is 0 Å². The first-order chi connectivity index (χ1) is 9.12. The molecule has 2 N–H and O–H groups in total. The summed E-state index contributed by atoms with van der Waals surface area (Å²) < 4.78 is 32.2. The number of benzene rings is 1. The topological polar surface area (TPSA) is 67.4 Å². The lowest BCUT2D eigenvalue weighted by molar-refractivity contribution is 0.185. The Morgan fingerprint density at radius 2 is 2.11 bits per heavy atom. The molecule has 1 aromatic rings. The third-order valence-electron chi connectivity index (χ3n) is 3.22. The second-order valence-corrected chi connectivity index (χ2v) is 6.69. The first-order valence-electron chi connectivity index (χ1n) is 6.42. The second kappa shape index (κ2) is 6.36. The highest BCUT2D eigenvalue weighted by Gasteiger charge is 2.26. The average molecular weight is 284 g/mol. The molecule has 0 unspecified atom stereocenters. The van der Waals surface area contributed by atoms with Gasteiger partial charge < -0.3 is 10.1 Å². The van der Waals surface area contributed by atoms with Crippen LogP contribution in [0.1, 0.15) is 18.4 Å². The van der Waals surface area contributed by atoms with Gasteiger partial charge in [0.25, 0.3) is 0 Å². The van der Waals surface area contributed by atoms with Gasteiger partial charge in [0.2, 0.25) is 10.0 Å². The second-order valence-electron chi connectivity index (χ2n) is 4.73. The molecule has 1 aliphatic heterocycles. The zero-order valence-corrected chi connectivity index (χ0v) is 11.9. The monoisotopic (exact) mass is 284 g/mol. The van der Waals surface area contributed by atoms with E-state index < -0.39 is 10.0 Å². The third-order valence-corrected chi connectivity index (χ3v) is 5.09. The molecule has 0 radical (unpaired) electrons. The van der Waals surface area contributed by atoms with E-state index in [1.807, 2.05) is 18.2 Å². The lowest BCUT2D eigenvalue weighted by atomic mass is 10.2. The van der Waals surface area contributed by atoms with Crippen LogP contribution < -0.4 is 10.0 Å². The summed E-state index contributed by atoms with van der Waals surface area (Å²) in [6.45, 7) is 1.99. The molecule has 6 heteroatoms. The van der Waals surface area contributed by atoms with Gasteiger partial charge in [-0.05, 0) is 43.6 Å². The van der Waals surface area contributed by atoms with Crippen LogP contribution in [0.25, 0.3) is 0 Å². The molecule has 1 aliphatic rings. The Morgan fingerprint density at radius 1 is 1.37 bits per heavy atom. The molecule has 0 amide bonds. The zero-order chi connectivity index (χ0) is 13.7. The molecule has 0 atom stereocenters. The summed E-state index contributed by atoms with van der Waals surface area (Å²) >= 11 is 0. The minimum atomic E-state index is -3.30. The molecule has 19 heavy (non-hydrogen) atoms. The van der Waals surface area contributed by atoms with Crippen molar-refractivity contribution in [3.8, 4) is 0 Å². The van der Waals surface area contributed by atoms with Gasteiger partial charge in [0.15, 0.2) is 0 Å². The van der Waals surface area contributed by atoms with Gasteiger partial charge in [0.1, 0.15) is 0 Å². The fraction of sp³-hybridized carbons (Fsp3) is 0.538. The van der Waals surface area contributed by atoms with Crippen LogP contribution in [0.15, 0.2) is 24.3 Å². The van der Waals surface area contributed by atoms with Crippen LogP contribution in [0.4, 0.5) is 5.69 Å². The van der Waals surface area contributed by atoms with Crippen LogP contribution in [0.5, 0.6) is 0 Å². The normalized spacial score (nSPS) is 17.3. The van der Waals surface area contributed by atoms with E-state index in [9.17, 15) is 8.42 Å². The van der Waals surface area contributed by atoms with Gasteiger partial charge in [-0.25, -0.2) is 8.42 Å². The van der Waals surface area contributed by atoms with E-state index in [-0.39, 0.29) is 5.25 Å². The van der Waals surface area contributed by atoms with Crippen molar-refractivity contribution in [2.75, 3.05) is 24.9 Å². The maximum atomic E-state index is 12.3. The highest BCUT2D eigenvalue weighted by Crippen LogP contribution is 2.19. The third kappa shape index (κ3) is 3.92. The largest absolute Gasteiger partial charge is 0.380 e. The Labute approximate surface area is 114 Å². The molecule has 0 aromatic heterocycles. The van der Waals surface area contributed by atoms with E-state index in [2.05, 4.69) is 10.0 Å². The molecule has 1 heterocycles. The van der Waals surface area contributed by atoms with Crippen molar-refractivity contribution >= 4 is 15.7 Å². The van der Waals surface area contributed by atoms with E-state index in [0.717, 1.165) is 18.7 Å². The fourth-order valence-electron chi connectivity index (χ4n) is 2.24. The Morgan fingerprint density at radius 3 is 2.79 bits per heavy atom. The summed E-state index contributed by atoms with van der Waals surface area (Å²) in [4.78, 5) is 0. The Bertz CT molecular complexity index is 510. The fourth-order valence-corrected chi connectivity index (χ4v) is 3.72. The minimum absolute atomic E-state index is 0.306. The van der Waals surface area contributed by atoms with E-state index in [4.69, 9.17) is 4.74 Å². The molecule has 1 aromatic carbocycles. The minimum Gasteiger partial charge on any atom is -0.380 e. The van der Waals surface area contributed by atoms with Gasteiger partial charge in [-0.3, -0.25) is 4.72 Å². The Hall–Kier alpha value is -1.11. The SMILES string of the molecule is COCc1cccc(NS(=O)(=O)C2CCNCC2)c1. The number of rotatable bonds is 5. The van der Waals surface area contributed by atoms with Crippen molar-refractivity contribution in [1.82, 2.24) is 5.32 Å². The molecule has 2 rings (SSSR count). The van der Waals surface area contributed by atoms with Gasteiger partial charge in [-0.1, -0.05) is 12.1 Å². The van der Waals surface area contributed by atoms with E-state index >= 15 is 0 Å². The van der Waals surface area contributed by atoms with Crippen molar-refractivity contribution in [3.05, 3.63) is 29.8 Å². The van der Waals surface area contributed by atoms with Crippen molar-refractivity contribution in [2.24, 2.45) is 0 Å². The lowest BCUT2D eigenvalue weighted by Gasteiger charge is -2.23. The number of piperidine rings is 1. The molecular weight excluding hydrogens is 264 g/mol. The van der Waals surface area contributed by atoms with Gasteiger partial charge in [0.05, 0.1) is 11.9 Å². The molecule has 5 nitrogen and oxygen atoms in total. The quantitative estimate of drug-likeness (QED) is 0.856. The smallest absolute Gasteiger partial charge is 0.235 e.